The first-order chi connectivity index (χ1) is 15.4. The highest BCUT2D eigenvalue weighted by atomic mass is 19.1. The Morgan fingerprint density at radius 2 is 1.84 bits per heavy atom. The molecule has 0 aliphatic heterocycles. The van der Waals surface area contributed by atoms with Gasteiger partial charge in [-0.25, -0.2) is 9.37 Å². The van der Waals surface area contributed by atoms with E-state index >= 15 is 0 Å². The predicted octanol–water partition coefficient (Wildman–Crippen LogP) is 4.52. The first-order valence-corrected chi connectivity index (χ1v) is 10.1. The van der Waals surface area contributed by atoms with Crippen LogP contribution in [0.25, 0.3) is 0 Å². The summed E-state index contributed by atoms with van der Waals surface area (Å²) in [5.74, 6) is -0.250. The summed E-state index contributed by atoms with van der Waals surface area (Å²) < 4.78 is 13.0. The summed E-state index contributed by atoms with van der Waals surface area (Å²) in [5.41, 5.74) is 1.70. The molecular formula is C22H21FN6O3. The number of carbonyl (C=O) groups excluding carboxylic acids is 1. The third-order valence-corrected chi connectivity index (χ3v) is 5.00. The van der Waals surface area contributed by atoms with Crippen molar-refractivity contribution < 1.29 is 14.1 Å². The van der Waals surface area contributed by atoms with Gasteiger partial charge in [-0.15, -0.1) is 0 Å². The zero-order chi connectivity index (χ0) is 22.7. The normalized spacial score (nSPS) is 13.8. The number of nitro groups is 1. The Balaban J connectivity index is 1.41. The van der Waals surface area contributed by atoms with Gasteiger partial charge in [-0.05, 0) is 61.7 Å². The number of halogens is 1. The molecule has 1 saturated carbocycles. The number of hydrogen-bond donors (Lipinski definition) is 3. The van der Waals surface area contributed by atoms with Crippen molar-refractivity contribution in [3.8, 4) is 0 Å². The van der Waals surface area contributed by atoms with Gasteiger partial charge in [0, 0.05) is 17.3 Å². The Hall–Kier alpha value is -4.08. The molecule has 1 fully saturated rings. The highest BCUT2D eigenvalue weighted by molar-refractivity contribution is 6.04. The fourth-order valence-electron chi connectivity index (χ4n) is 3.04. The molecule has 2 aromatic carbocycles. The Kier molecular flexibility index (Phi) is 5.93. The van der Waals surface area contributed by atoms with Gasteiger partial charge < -0.3 is 16.0 Å². The van der Waals surface area contributed by atoms with Crippen LogP contribution in [0.2, 0.25) is 0 Å². The van der Waals surface area contributed by atoms with Gasteiger partial charge in [0.25, 0.3) is 5.91 Å². The van der Waals surface area contributed by atoms with Crippen molar-refractivity contribution in [3.05, 3.63) is 81.8 Å². The molecule has 9 nitrogen and oxygen atoms in total. The number of aromatic nitrogens is 2. The maximum Gasteiger partial charge on any atom is 0.329 e. The molecule has 4 rings (SSSR count). The topological polar surface area (TPSA) is 122 Å². The monoisotopic (exact) mass is 436 g/mol. The lowest BCUT2D eigenvalue weighted by Gasteiger charge is -2.15. The third-order valence-electron chi connectivity index (χ3n) is 5.00. The summed E-state index contributed by atoms with van der Waals surface area (Å²) in [7, 11) is 0. The van der Waals surface area contributed by atoms with Crippen molar-refractivity contribution in [2.45, 2.75) is 31.8 Å². The molecule has 1 amide bonds. The minimum atomic E-state index is -0.503. The van der Waals surface area contributed by atoms with Crippen LogP contribution in [0.15, 0.2) is 54.7 Å². The van der Waals surface area contributed by atoms with E-state index in [2.05, 4.69) is 25.9 Å². The van der Waals surface area contributed by atoms with E-state index < -0.39 is 10.7 Å². The minimum absolute atomic E-state index is 0.156. The molecule has 1 aromatic heterocycles. The van der Waals surface area contributed by atoms with E-state index in [0.29, 0.717) is 11.3 Å². The molecule has 1 atom stereocenters. The number of nitrogens with one attached hydrogen (secondary N) is 3. The number of amides is 1. The van der Waals surface area contributed by atoms with E-state index in [0.717, 1.165) is 18.4 Å². The van der Waals surface area contributed by atoms with E-state index in [1.165, 1.54) is 30.5 Å². The second-order valence-corrected chi connectivity index (χ2v) is 7.55. The van der Waals surface area contributed by atoms with Crippen LogP contribution in [0.3, 0.4) is 0 Å². The molecule has 3 N–H and O–H groups in total. The van der Waals surface area contributed by atoms with E-state index in [-0.39, 0.29) is 35.4 Å². The second-order valence-electron chi connectivity index (χ2n) is 7.55. The summed E-state index contributed by atoms with van der Waals surface area (Å²) in [6.07, 6.45) is 3.12. The van der Waals surface area contributed by atoms with Gasteiger partial charge in [0.2, 0.25) is 11.8 Å². The first kappa shape index (κ1) is 21.2. The summed E-state index contributed by atoms with van der Waals surface area (Å²) in [6.45, 7) is 1.91. The Labute approximate surface area is 183 Å². The third kappa shape index (κ3) is 5.15. The van der Waals surface area contributed by atoms with Crippen LogP contribution in [0.1, 0.15) is 41.7 Å². The average molecular weight is 436 g/mol. The summed E-state index contributed by atoms with van der Waals surface area (Å²) in [6, 6.07) is 12.5. The van der Waals surface area contributed by atoms with Crippen molar-refractivity contribution in [2.24, 2.45) is 0 Å². The highest BCUT2D eigenvalue weighted by Crippen LogP contribution is 2.30. The molecule has 32 heavy (non-hydrogen) atoms. The lowest BCUT2D eigenvalue weighted by atomic mass is 10.1. The van der Waals surface area contributed by atoms with E-state index in [1.54, 1.807) is 12.1 Å². The standard InChI is InChI=1S/C22H21FN6O3/c1-13(25-22-24-12-19(29(31)32)20(28-22)26-17-10-11-17)14-4-8-18(9-5-14)27-21(30)15-2-6-16(23)7-3-15/h2-9,12-13,17H,10-11H2,1H3,(H,27,30)(H2,24,25,26,28). The number of benzene rings is 2. The quantitative estimate of drug-likeness (QED) is 0.350. The summed E-state index contributed by atoms with van der Waals surface area (Å²) >= 11 is 0. The fraction of sp³-hybridized carbons (Fsp3) is 0.227. The van der Waals surface area contributed by atoms with Crippen LogP contribution in [-0.2, 0) is 0 Å². The molecule has 0 spiro atoms. The van der Waals surface area contributed by atoms with Gasteiger partial charge in [0.15, 0.2) is 0 Å². The summed E-state index contributed by atoms with van der Waals surface area (Å²) in [4.78, 5) is 31.3. The zero-order valence-corrected chi connectivity index (χ0v) is 17.2. The molecule has 10 heteroatoms. The maximum atomic E-state index is 13.0. The van der Waals surface area contributed by atoms with Gasteiger partial charge in [-0.1, -0.05) is 12.1 Å². The van der Waals surface area contributed by atoms with Crippen LogP contribution in [0, 0.1) is 15.9 Å². The van der Waals surface area contributed by atoms with Crippen molar-refractivity contribution in [3.63, 3.8) is 0 Å². The van der Waals surface area contributed by atoms with E-state index in [4.69, 9.17) is 0 Å². The van der Waals surface area contributed by atoms with E-state index in [1.807, 2.05) is 19.1 Å². The average Bonchev–Trinajstić information content (AvgIpc) is 3.58. The molecule has 0 saturated heterocycles. The molecule has 1 unspecified atom stereocenters. The minimum Gasteiger partial charge on any atom is -0.361 e. The van der Waals surface area contributed by atoms with Crippen LogP contribution >= 0.6 is 0 Å². The molecular weight excluding hydrogens is 415 g/mol. The van der Waals surface area contributed by atoms with Crippen LogP contribution in [-0.4, -0.2) is 26.8 Å². The molecule has 164 valence electrons. The van der Waals surface area contributed by atoms with Crippen LogP contribution in [0.5, 0.6) is 0 Å². The summed E-state index contributed by atoms with van der Waals surface area (Å²) in [5, 5.41) is 20.2. The fourth-order valence-corrected chi connectivity index (χ4v) is 3.04. The molecule has 3 aromatic rings. The van der Waals surface area contributed by atoms with Gasteiger partial charge in [0.1, 0.15) is 12.0 Å². The Morgan fingerprint density at radius 3 is 2.47 bits per heavy atom. The second kappa shape index (κ2) is 8.96. The smallest absolute Gasteiger partial charge is 0.329 e. The maximum absolute atomic E-state index is 13.0. The van der Waals surface area contributed by atoms with Crippen molar-refractivity contribution in [1.29, 1.82) is 0 Å². The Bertz CT molecular complexity index is 1130. The SMILES string of the molecule is CC(Nc1ncc([N+](=O)[O-])c(NC2CC2)n1)c1ccc(NC(=O)c2ccc(F)cc2)cc1. The van der Waals surface area contributed by atoms with Crippen LogP contribution in [0.4, 0.5) is 27.5 Å². The van der Waals surface area contributed by atoms with Crippen molar-refractivity contribution in [1.82, 2.24) is 9.97 Å². The number of carbonyl (C=O) groups is 1. The zero-order valence-electron chi connectivity index (χ0n) is 17.2. The number of rotatable bonds is 8. The highest BCUT2D eigenvalue weighted by Gasteiger charge is 2.26. The van der Waals surface area contributed by atoms with Crippen molar-refractivity contribution >= 4 is 29.0 Å². The predicted molar refractivity (Wildman–Crippen MR) is 118 cm³/mol. The van der Waals surface area contributed by atoms with Gasteiger partial charge in [-0.3, -0.25) is 14.9 Å². The molecule has 1 heterocycles. The lowest BCUT2D eigenvalue weighted by Crippen LogP contribution is -2.13. The number of nitrogens with zero attached hydrogens (tertiary/aromatic N) is 3. The number of anilines is 3. The Morgan fingerprint density at radius 1 is 1.16 bits per heavy atom. The van der Waals surface area contributed by atoms with Gasteiger partial charge in [-0.2, -0.15) is 4.98 Å². The number of hydrogen-bond acceptors (Lipinski definition) is 7. The molecule has 1 aliphatic carbocycles. The lowest BCUT2D eigenvalue weighted by molar-refractivity contribution is -0.384. The molecule has 0 radical (unpaired) electrons. The van der Waals surface area contributed by atoms with Crippen molar-refractivity contribution in [2.75, 3.05) is 16.0 Å². The molecule has 1 aliphatic rings. The van der Waals surface area contributed by atoms with Gasteiger partial charge in [0.05, 0.1) is 11.0 Å². The first-order valence-electron chi connectivity index (χ1n) is 10.1. The van der Waals surface area contributed by atoms with E-state index in [9.17, 15) is 19.3 Å². The van der Waals surface area contributed by atoms with Gasteiger partial charge >= 0.3 is 5.69 Å². The van der Waals surface area contributed by atoms with Crippen LogP contribution < -0.4 is 16.0 Å². The largest absolute Gasteiger partial charge is 0.361 e. The molecule has 0 bridgehead atoms.